The minimum atomic E-state index is -3.95. The first-order chi connectivity index (χ1) is 11.3. The second kappa shape index (κ2) is 5.81. The molecule has 0 spiro atoms. The molecule has 1 N–H and O–H groups in total. The maximum absolute atomic E-state index is 14.0. The number of sulfonamides is 1. The number of nitrogens with zero attached hydrogens (tertiary/aromatic N) is 2. The molecule has 6 nitrogen and oxygen atoms in total. The van der Waals surface area contributed by atoms with E-state index < -0.39 is 20.7 Å². The molecule has 0 bridgehead atoms. The second-order valence-corrected chi connectivity index (χ2v) is 7.48. The van der Waals surface area contributed by atoms with Crippen LogP contribution >= 0.6 is 0 Å². The Labute approximate surface area is 137 Å². The Kier molecular flexibility index (Phi) is 3.94. The normalized spacial score (nSPS) is 12.0. The van der Waals surface area contributed by atoms with Gasteiger partial charge >= 0.3 is 0 Å². The molecule has 0 aliphatic heterocycles. The van der Waals surface area contributed by atoms with Gasteiger partial charge in [0.15, 0.2) is 0 Å². The summed E-state index contributed by atoms with van der Waals surface area (Å²) < 4.78 is 39.3. The zero-order chi connectivity index (χ0) is 17.5. The maximum Gasteiger partial charge on any atom is 0.259 e. The third-order valence-corrected chi connectivity index (χ3v) is 5.41. The van der Waals surface area contributed by atoms with Crippen molar-refractivity contribution in [1.82, 2.24) is 14.3 Å². The molecule has 0 aliphatic carbocycles. The summed E-state index contributed by atoms with van der Waals surface area (Å²) in [6.45, 7) is 0. The van der Waals surface area contributed by atoms with Gasteiger partial charge in [-0.15, -0.1) is 0 Å². The van der Waals surface area contributed by atoms with Gasteiger partial charge in [0, 0.05) is 19.7 Å². The zero-order valence-corrected chi connectivity index (χ0v) is 13.8. The van der Waals surface area contributed by atoms with Gasteiger partial charge < -0.3 is 4.98 Å². The molecule has 0 saturated heterocycles. The molecule has 1 aromatic heterocycles. The lowest BCUT2D eigenvalue weighted by Crippen LogP contribution is -2.23. The highest BCUT2D eigenvalue weighted by atomic mass is 32.2. The molecular weight excluding hydrogens is 333 g/mol. The molecule has 24 heavy (non-hydrogen) atoms. The van der Waals surface area contributed by atoms with Gasteiger partial charge in [0.05, 0.1) is 10.9 Å². The van der Waals surface area contributed by atoms with E-state index in [1.807, 2.05) is 0 Å². The first-order valence-electron chi connectivity index (χ1n) is 7.02. The Morgan fingerprint density at radius 1 is 1.12 bits per heavy atom. The molecule has 3 rings (SSSR count). The fraction of sp³-hybridized carbons (Fsp3) is 0.125. The fourth-order valence-corrected chi connectivity index (χ4v) is 3.25. The molecule has 124 valence electrons. The predicted octanol–water partition coefficient (Wildman–Crippen LogP) is 1.98. The van der Waals surface area contributed by atoms with E-state index in [4.69, 9.17) is 0 Å². The van der Waals surface area contributed by atoms with Crippen LogP contribution in [0.1, 0.15) is 0 Å². The van der Waals surface area contributed by atoms with E-state index in [-0.39, 0.29) is 11.4 Å². The van der Waals surface area contributed by atoms with E-state index in [0.717, 1.165) is 16.4 Å². The third-order valence-electron chi connectivity index (χ3n) is 3.58. The van der Waals surface area contributed by atoms with Crippen LogP contribution in [0.2, 0.25) is 0 Å². The van der Waals surface area contributed by atoms with Crippen molar-refractivity contribution in [2.45, 2.75) is 4.90 Å². The Morgan fingerprint density at radius 2 is 1.83 bits per heavy atom. The molecule has 8 heteroatoms. The molecule has 0 aliphatic rings. The first kappa shape index (κ1) is 16.3. The summed E-state index contributed by atoms with van der Waals surface area (Å²) >= 11 is 0. The van der Waals surface area contributed by atoms with E-state index in [1.165, 1.54) is 20.2 Å². The van der Waals surface area contributed by atoms with Gasteiger partial charge in [0.1, 0.15) is 16.5 Å². The number of hydrogen-bond donors (Lipinski definition) is 1. The van der Waals surface area contributed by atoms with E-state index in [9.17, 15) is 17.6 Å². The number of para-hydroxylation sites is 1. The largest absolute Gasteiger partial charge is 0.306 e. The summed E-state index contributed by atoms with van der Waals surface area (Å²) in [5, 5.41) is 0.421. The number of H-pyrrole nitrogens is 1. The summed E-state index contributed by atoms with van der Waals surface area (Å²) in [6.07, 6.45) is 0. The number of benzene rings is 2. The topological polar surface area (TPSA) is 83.1 Å². The van der Waals surface area contributed by atoms with Crippen LogP contribution < -0.4 is 5.56 Å². The standard InChI is InChI=1S/C16H14FN3O3S/c1-20(2)24(22,23)14-9-10(7-8-12(14)17)15-18-13-6-4-3-5-11(13)16(21)19-15/h3-9H,1-2H3,(H,18,19,21). The highest BCUT2D eigenvalue weighted by molar-refractivity contribution is 7.89. The van der Waals surface area contributed by atoms with Crippen LogP contribution in [0.5, 0.6) is 0 Å². The lowest BCUT2D eigenvalue weighted by Gasteiger charge is -2.13. The number of nitrogens with one attached hydrogen (secondary N) is 1. The van der Waals surface area contributed by atoms with Crippen LogP contribution in [-0.4, -0.2) is 36.8 Å². The van der Waals surface area contributed by atoms with Crippen LogP contribution in [-0.2, 0) is 10.0 Å². The Bertz CT molecular complexity index is 1090. The summed E-state index contributed by atoms with van der Waals surface area (Å²) in [5.41, 5.74) is 0.425. The average molecular weight is 347 g/mol. The van der Waals surface area contributed by atoms with Crippen LogP contribution in [0.3, 0.4) is 0 Å². The summed E-state index contributed by atoms with van der Waals surface area (Å²) in [5.74, 6) is -0.690. The summed E-state index contributed by atoms with van der Waals surface area (Å²) in [6, 6.07) is 10.4. The highest BCUT2D eigenvalue weighted by Crippen LogP contribution is 2.24. The van der Waals surface area contributed by atoms with E-state index in [1.54, 1.807) is 24.3 Å². The van der Waals surface area contributed by atoms with Crippen molar-refractivity contribution in [2.75, 3.05) is 14.1 Å². The molecule has 2 aromatic carbocycles. The number of rotatable bonds is 3. The van der Waals surface area contributed by atoms with Gasteiger partial charge in [-0.25, -0.2) is 22.1 Å². The average Bonchev–Trinajstić information content (AvgIpc) is 2.55. The minimum Gasteiger partial charge on any atom is -0.306 e. The lowest BCUT2D eigenvalue weighted by molar-refractivity contribution is 0.508. The quantitative estimate of drug-likeness (QED) is 0.785. The number of halogens is 1. The van der Waals surface area contributed by atoms with E-state index in [2.05, 4.69) is 9.97 Å². The Hall–Kier alpha value is -2.58. The SMILES string of the molecule is CN(C)S(=O)(=O)c1cc(-c2nc3ccccc3c(=O)[nH]2)ccc1F. The van der Waals surface area contributed by atoms with Crippen LogP contribution in [0.4, 0.5) is 4.39 Å². The second-order valence-electron chi connectivity index (χ2n) is 5.36. The van der Waals surface area contributed by atoms with Crippen molar-refractivity contribution in [2.24, 2.45) is 0 Å². The number of aromatic nitrogens is 2. The zero-order valence-electron chi connectivity index (χ0n) is 12.9. The molecule has 0 fully saturated rings. The molecule has 0 unspecified atom stereocenters. The van der Waals surface area contributed by atoms with Crippen molar-refractivity contribution in [3.8, 4) is 11.4 Å². The minimum absolute atomic E-state index is 0.175. The van der Waals surface area contributed by atoms with Crippen molar-refractivity contribution >= 4 is 20.9 Å². The number of hydrogen-bond acceptors (Lipinski definition) is 4. The van der Waals surface area contributed by atoms with Crippen LogP contribution in [0, 0.1) is 5.82 Å². The third kappa shape index (κ3) is 2.70. The molecule has 0 radical (unpaired) electrons. The molecule has 0 saturated carbocycles. The fourth-order valence-electron chi connectivity index (χ4n) is 2.27. The molecule has 1 heterocycles. The highest BCUT2D eigenvalue weighted by Gasteiger charge is 2.22. The van der Waals surface area contributed by atoms with Gasteiger partial charge in [-0.2, -0.15) is 0 Å². The number of aromatic amines is 1. The monoisotopic (exact) mass is 347 g/mol. The first-order valence-corrected chi connectivity index (χ1v) is 8.46. The van der Waals surface area contributed by atoms with Gasteiger partial charge in [0.25, 0.3) is 5.56 Å². The van der Waals surface area contributed by atoms with E-state index >= 15 is 0 Å². The van der Waals surface area contributed by atoms with Crippen molar-refractivity contribution in [3.05, 3.63) is 58.6 Å². The molecule has 0 amide bonds. The van der Waals surface area contributed by atoms with Crippen LogP contribution in [0.25, 0.3) is 22.3 Å². The van der Waals surface area contributed by atoms with Gasteiger partial charge in [-0.05, 0) is 30.3 Å². The molecular formula is C16H14FN3O3S. The van der Waals surface area contributed by atoms with Gasteiger partial charge in [-0.1, -0.05) is 12.1 Å². The van der Waals surface area contributed by atoms with Crippen molar-refractivity contribution in [3.63, 3.8) is 0 Å². The van der Waals surface area contributed by atoms with Gasteiger partial charge in [0.2, 0.25) is 10.0 Å². The Morgan fingerprint density at radius 3 is 2.54 bits per heavy atom. The van der Waals surface area contributed by atoms with E-state index in [0.29, 0.717) is 16.5 Å². The predicted molar refractivity (Wildman–Crippen MR) is 88.6 cm³/mol. The summed E-state index contributed by atoms with van der Waals surface area (Å²) in [7, 11) is -1.32. The molecule has 3 aromatic rings. The van der Waals surface area contributed by atoms with Gasteiger partial charge in [-0.3, -0.25) is 4.79 Å². The van der Waals surface area contributed by atoms with Crippen molar-refractivity contribution in [1.29, 1.82) is 0 Å². The maximum atomic E-state index is 14.0. The smallest absolute Gasteiger partial charge is 0.259 e. The lowest BCUT2D eigenvalue weighted by atomic mass is 10.2. The summed E-state index contributed by atoms with van der Waals surface area (Å²) in [4.78, 5) is 18.6. The number of fused-ring (bicyclic) bond motifs is 1. The molecule has 0 atom stereocenters. The van der Waals surface area contributed by atoms with Crippen molar-refractivity contribution < 1.29 is 12.8 Å². The van der Waals surface area contributed by atoms with Crippen LogP contribution in [0.15, 0.2) is 52.2 Å². The Balaban J connectivity index is 2.23.